The summed E-state index contributed by atoms with van der Waals surface area (Å²) in [6, 6.07) is 0. The van der Waals surface area contributed by atoms with E-state index in [1.165, 1.54) is 257 Å². The van der Waals surface area contributed by atoms with Crippen molar-refractivity contribution in [3.05, 3.63) is 0 Å². The average Bonchev–Trinajstić information content (AvgIpc) is 3.35. The molecule has 0 saturated carbocycles. The zero-order chi connectivity index (χ0) is 51.8. The van der Waals surface area contributed by atoms with Crippen LogP contribution in [-0.2, 0) is 28.6 Å². The maximum atomic E-state index is 12.9. The molecule has 71 heavy (non-hydrogen) atoms. The summed E-state index contributed by atoms with van der Waals surface area (Å²) in [7, 11) is 0. The number of ether oxygens (including phenoxy) is 3. The van der Waals surface area contributed by atoms with Crippen LogP contribution < -0.4 is 0 Å². The van der Waals surface area contributed by atoms with Crippen LogP contribution in [0.25, 0.3) is 0 Å². The molecule has 0 fully saturated rings. The summed E-state index contributed by atoms with van der Waals surface area (Å²) in [6.07, 6.45) is 63.9. The topological polar surface area (TPSA) is 78.9 Å². The molecule has 1 atom stereocenters. The SMILES string of the molecule is CCCCCCCCCCCCCCCCCCCCC(=O)OC[C@@H](COC(=O)CCCCCCCCCCCCCCCCC(C)C)OC(=O)CCCCCCCCCCCCCCCCCC(C)C. The Kier molecular flexibility index (Phi) is 56.4. The summed E-state index contributed by atoms with van der Waals surface area (Å²) in [5.41, 5.74) is 0. The summed E-state index contributed by atoms with van der Waals surface area (Å²) >= 11 is 0. The molecule has 0 aromatic heterocycles. The quantitative estimate of drug-likeness (QED) is 0.0343. The number of carbonyl (C=O) groups is 3. The van der Waals surface area contributed by atoms with Crippen LogP contribution in [0.2, 0.25) is 0 Å². The highest BCUT2D eigenvalue weighted by Crippen LogP contribution is 2.19. The molecule has 6 nitrogen and oxygen atoms in total. The predicted octanol–water partition coefficient (Wildman–Crippen LogP) is 21.6. The van der Waals surface area contributed by atoms with Crippen LogP contribution in [0.5, 0.6) is 0 Å². The molecule has 0 amide bonds. The molecule has 0 N–H and O–H groups in total. The summed E-state index contributed by atoms with van der Waals surface area (Å²) in [5, 5.41) is 0. The van der Waals surface area contributed by atoms with Crippen LogP contribution in [0.4, 0.5) is 0 Å². The van der Waals surface area contributed by atoms with E-state index in [4.69, 9.17) is 14.2 Å². The lowest BCUT2D eigenvalue weighted by Gasteiger charge is -2.18. The zero-order valence-corrected chi connectivity index (χ0v) is 48.9. The number of esters is 3. The Bertz CT molecular complexity index is 1090. The molecule has 0 heterocycles. The van der Waals surface area contributed by atoms with Gasteiger partial charge in [-0.3, -0.25) is 14.4 Å². The van der Waals surface area contributed by atoms with E-state index < -0.39 is 6.10 Å². The molecule has 0 rings (SSSR count). The van der Waals surface area contributed by atoms with Gasteiger partial charge in [-0.1, -0.05) is 330 Å². The van der Waals surface area contributed by atoms with E-state index in [-0.39, 0.29) is 31.1 Å². The molecule has 0 radical (unpaired) electrons. The predicted molar refractivity (Wildman–Crippen MR) is 307 cm³/mol. The summed E-state index contributed by atoms with van der Waals surface area (Å²) in [5.74, 6) is 0.862. The second kappa shape index (κ2) is 57.7. The minimum Gasteiger partial charge on any atom is -0.462 e. The molecule has 0 aliphatic carbocycles. The van der Waals surface area contributed by atoms with Gasteiger partial charge >= 0.3 is 17.9 Å². The second-order valence-electron chi connectivity index (χ2n) is 23.4. The van der Waals surface area contributed by atoms with Crippen LogP contribution in [-0.4, -0.2) is 37.2 Å². The minimum absolute atomic E-state index is 0.0617. The Morgan fingerprint density at radius 2 is 0.465 bits per heavy atom. The minimum atomic E-state index is -0.764. The van der Waals surface area contributed by atoms with E-state index in [0.29, 0.717) is 19.3 Å². The fraction of sp³-hybridized carbons (Fsp3) is 0.954. The van der Waals surface area contributed by atoms with E-state index >= 15 is 0 Å². The van der Waals surface area contributed by atoms with Gasteiger partial charge in [-0.25, -0.2) is 0 Å². The van der Waals surface area contributed by atoms with Crippen molar-refractivity contribution in [3.63, 3.8) is 0 Å². The van der Waals surface area contributed by atoms with Crippen molar-refractivity contribution in [2.75, 3.05) is 13.2 Å². The van der Waals surface area contributed by atoms with Gasteiger partial charge in [0, 0.05) is 19.3 Å². The van der Waals surface area contributed by atoms with Crippen LogP contribution in [0.1, 0.15) is 369 Å². The summed E-state index contributed by atoms with van der Waals surface area (Å²) in [4.78, 5) is 38.3. The van der Waals surface area contributed by atoms with Crippen LogP contribution in [0, 0.1) is 11.8 Å². The molecular formula is C65H126O6. The third kappa shape index (κ3) is 59.2. The fourth-order valence-corrected chi connectivity index (χ4v) is 10.1. The highest BCUT2D eigenvalue weighted by atomic mass is 16.6. The Labute approximate surface area is 444 Å². The van der Waals surface area contributed by atoms with Gasteiger partial charge in [0.15, 0.2) is 6.10 Å². The lowest BCUT2D eigenvalue weighted by atomic mass is 10.0. The Balaban J connectivity index is 4.29. The largest absolute Gasteiger partial charge is 0.462 e. The summed E-state index contributed by atoms with van der Waals surface area (Å²) < 4.78 is 17.0. The van der Waals surface area contributed by atoms with Crippen molar-refractivity contribution in [3.8, 4) is 0 Å². The molecular weight excluding hydrogens is 877 g/mol. The average molecular weight is 1000 g/mol. The van der Waals surface area contributed by atoms with Gasteiger partial charge in [-0.2, -0.15) is 0 Å². The highest BCUT2D eigenvalue weighted by molar-refractivity contribution is 5.71. The molecule has 422 valence electrons. The molecule has 0 aromatic carbocycles. The number of rotatable bonds is 59. The van der Waals surface area contributed by atoms with Gasteiger partial charge in [-0.15, -0.1) is 0 Å². The first-order valence-electron chi connectivity index (χ1n) is 32.2. The molecule has 0 saturated heterocycles. The Morgan fingerprint density at radius 1 is 0.268 bits per heavy atom. The molecule has 0 unspecified atom stereocenters. The molecule has 0 spiro atoms. The molecule has 0 bridgehead atoms. The van der Waals surface area contributed by atoms with E-state index in [9.17, 15) is 14.4 Å². The first-order valence-corrected chi connectivity index (χ1v) is 32.2. The number of hydrogen-bond acceptors (Lipinski definition) is 6. The second-order valence-corrected chi connectivity index (χ2v) is 23.4. The van der Waals surface area contributed by atoms with Crippen molar-refractivity contribution in [2.45, 2.75) is 375 Å². The first kappa shape index (κ1) is 69.4. The third-order valence-corrected chi connectivity index (χ3v) is 15.0. The molecule has 6 heteroatoms. The maximum absolute atomic E-state index is 12.9. The van der Waals surface area contributed by atoms with Gasteiger partial charge in [0.25, 0.3) is 0 Å². The zero-order valence-electron chi connectivity index (χ0n) is 48.9. The fourth-order valence-electron chi connectivity index (χ4n) is 10.1. The monoisotopic (exact) mass is 1000 g/mol. The van der Waals surface area contributed by atoms with Crippen LogP contribution in [0.3, 0.4) is 0 Å². The van der Waals surface area contributed by atoms with E-state index in [1.807, 2.05) is 0 Å². The van der Waals surface area contributed by atoms with E-state index in [2.05, 4.69) is 34.6 Å². The van der Waals surface area contributed by atoms with E-state index in [1.54, 1.807) is 0 Å². The maximum Gasteiger partial charge on any atom is 0.306 e. The van der Waals surface area contributed by atoms with Crippen molar-refractivity contribution in [1.82, 2.24) is 0 Å². The normalized spacial score (nSPS) is 12.0. The molecule has 0 aliphatic heterocycles. The van der Waals surface area contributed by atoms with Crippen LogP contribution in [0.15, 0.2) is 0 Å². The van der Waals surface area contributed by atoms with Crippen LogP contribution >= 0.6 is 0 Å². The van der Waals surface area contributed by atoms with Gasteiger partial charge in [0.05, 0.1) is 0 Å². The van der Waals surface area contributed by atoms with Crippen molar-refractivity contribution in [2.24, 2.45) is 11.8 Å². The number of hydrogen-bond donors (Lipinski definition) is 0. The molecule has 0 aromatic rings. The van der Waals surface area contributed by atoms with Gasteiger partial charge in [-0.05, 0) is 31.1 Å². The highest BCUT2D eigenvalue weighted by Gasteiger charge is 2.19. The smallest absolute Gasteiger partial charge is 0.306 e. The van der Waals surface area contributed by atoms with Gasteiger partial charge in [0.2, 0.25) is 0 Å². The van der Waals surface area contributed by atoms with Crippen molar-refractivity contribution < 1.29 is 28.6 Å². The Hall–Kier alpha value is -1.59. The number of unbranched alkanes of at least 4 members (excludes halogenated alkanes) is 44. The lowest BCUT2D eigenvalue weighted by molar-refractivity contribution is -0.167. The number of carbonyl (C=O) groups excluding carboxylic acids is 3. The molecule has 0 aliphatic rings. The van der Waals surface area contributed by atoms with E-state index in [0.717, 1.165) is 69.6 Å². The summed E-state index contributed by atoms with van der Waals surface area (Å²) in [6.45, 7) is 11.5. The third-order valence-electron chi connectivity index (χ3n) is 15.0. The standard InChI is InChI=1S/C65H126O6/c1-6-7-8-9-10-11-12-13-14-15-16-19-25-30-35-40-45-50-55-63(66)69-58-62(59-70-64(67)56-51-46-41-36-31-26-22-21-24-29-34-39-44-49-54-61(4)5)71-65(68)57-52-47-42-37-32-27-20-17-18-23-28-33-38-43-48-53-60(2)3/h60-62H,6-59H2,1-5H3/t62-/m0/s1. The van der Waals surface area contributed by atoms with Crippen molar-refractivity contribution in [1.29, 1.82) is 0 Å². The first-order chi connectivity index (χ1) is 34.7. The van der Waals surface area contributed by atoms with Crippen molar-refractivity contribution >= 4 is 17.9 Å². The van der Waals surface area contributed by atoms with Gasteiger partial charge < -0.3 is 14.2 Å². The Morgan fingerprint density at radius 3 is 0.690 bits per heavy atom. The van der Waals surface area contributed by atoms with Gasteiger partial charge in [0.1, 0.15) is 13.2 Å². The lowest BCUT2D eigenvalue weighted by Crippen LogP contribution is -2.30.